The maximum absolute atomic E-state index is 12.1. The fourth-order valence-corrected chi connectivity index (χ4v) is 2.72. The van der Waals surface area contributed by atoms with Crippen molar-refractivity contribution >= 4 is 17.3 Å². The molecular formula is C14H23ClN4O. The van der Waals surface area contributed by atoms with Gasteiger partial charge in [-0.2, -0.15) is 5.10 Å². The number of nitrogens with one attached hydrogen (secondary N) is 1. The lowest BCUT2D eigenvalue weighted by atomic mass is 10.1. The van der Waals surface area contributed by atoms with E-state index in [9.17, 15) is 4.79 Å². The Bertz CT molecular complexity index is 502. The number of anilines is 1. The van der Waals surface area contributed by atoms with E-state index in [2.05, 4.69) is 29.3 Å². The van der Waals surface area contributed by atoms with Gasteiger partial charge in [-0.05, 0) is 32.4 Å². The molecule has 2 rings (SSSR count). The van der Waals surface area contributed by atoms with Gasteiger partial charge in [0, 0.05) is 19.6 Å². The normalized spacial score (nSPS) is 19.4. The van der Waals surface area contributed by atoms with E-state index >= 15 is 0 Å². The predicted octanol–water partition coefficient (Wildman–Crippen LogP) is 2.06. The van der Waals surface area contributed by atoms with Crippen LogP contribution >= 0.6 is 11.6 Å². The van der Waals surface area contributed by atoms with Gasteiger partial charge < -0.3 is 10.2 Å². The van der Waals surface area contributed by atoms with E-state index in [1.165, 1.54) is 11.1 Å². The Balaban J connectivity index is 1.98. The summed E-state index contributed by atoms with van der Waals surface area (Å²) in [7, 11) is 2.13. The zero-order valence-corrected chi connectivity index (χ0v) is 13.0. The van der Waals surface area contributed by atoms with Gasteiger partial charge in [-0.1, -0.05) is 24.9 Å². The summed E-state index contributed by atoms with van der Waals surface area (Å²) in [6, 6.07) is 0. The zero-order chi connectivity index (χ0) is 14.5. The quantitative estimate of drug-likeness (QED) is 0.873. The molecule has 112 valence electrons. The summed E-state index contributed by atoms with van der Waals surface area (Å²) < 4.78 is 1.44. The molecule has 1 saturated heterocycles. The molecule has 5 nitrogen and oxygen atoms in total. The number of aryl methyl sites for hydroxylation is 1. The van der Waals surface area contributed by atoms with Gasteiger partial charge in [0.15, 0.2) is 0 Å². The minimum atomic E-state index is -0.200. The first-order chi connectivity index (χ1) is 9.61. The van der Waals surface area contributed by atoms with Crippen LogP contribution in [-0.4, -0.2) is 41.4 Å². The maximum atomic E-state index is 12.1. The van der Waals surface area contributed by atoms with Crippen molar-refractivity contribution < 1.29 is 0 Å². The number of aromatic nitrogens is 2. The Hall–Kier alpha value is -1.07. The molecule has 0 aliphatic carbocycles. The first kappa shape index (κ1) is 15.3. The van der Waals surface area contributed by atoms with Crippen LogP contribution in [0, 0.1) is 5.92 Å². The van der Waals surface area contributed by atoms with Crippen molar-refractivity contribution in [2.45, 2.75) is 32.7 Å². The van der Waals surface area contributed by atoms with Crippen LogP contribution in [0.1, 0.15) is 26.2 Å². The summed E-state index contributed by atoms with van der Waals surface area (Å²) in [5.41, 5.74) is 0.452. The van der Waals surface area contributed by atoms with Crippen LogP contribution in [0.25, 0.3) is 0 Å². The Labute approximate surface area is 124 Å². The molecule has 1 N–H and O–H groups in total. The lowest BCUT2D eigenvalue weighted by molar-refractivity contribution is 0.399. The predicted molar refractivity (Wildman–Crippen MR) is 82.5 cm³/mol. The Morgan fingerprint density at radius 1 is 1.55 bits per heavy atom. The van der Waals surface area contributed by atoms with Crippen molar-refractivity contribution in [3.8, 4) is 0 Å². The van der Waals surface area contributed by atoms with Crippen molar-refractivity contribution in [1.29, 1.82) is 0 Å². The summed E-state index contributed by atoms with van der Waals surface area (Å²) in [6.45, 7) is 5.77. The van der Waals surface area contributed by atoms with E-state index in [-0.39, 0.29) is 10.6 Å². The van der Waals surface area contributed by atoms with Gasteiger partial charge in [-0.3, -0.25) is 4.79 Å². The third kappa shape index (κ3) is 3.73. The number of hydrogen-bond acceptors (Lipinski definition) is 4. The van der Waals surface area contributed by atoms with Gasteiger partial charge in [-0.25, -0.2) is 4.68 Å². The summed E-state index contributed by atoms with van der Waals surface area (Å²) in [5, 5.41) is 7.70. The number of unbranched alkanes of at least 4 members (excludes halogenated alkanes) is 1. The van der Waals surface area contributed by atoms with E-state index in [0.717, 1.165) is 32.5 Å². The van der Waals surface area contributed by atoms with Crippen LogP contribution in [0.5, 0.6) is 0 Å². The van der Waals surface area contributed by atoms with Crippen LogP contribution < -0.4 is 10.9 Å². The summed E-state index contributed by atoms with van der Waals surface area (Å²) in [5.74, 6) is 0.610. The van der Waals surface area contributed by atoms with E-state index < -0.39 is 0 Å². The molecular weight excluding hydrogens is 276 g/mol. The fraction of sp³-hybridized carbons (Fsp3) is 0.714. The van der Waals surface area contributed by atoms with Crippen LogP contribution in [0.15, 0.2) is 11.0 Å². The molecule has 0 bridgehead atoms. The second kappa shape index (κ2) is 7.09. The van der Waals surface area contributed by atoms with Crippen molar-refractivity contribution in [1.82, 2.24) is 14.7 Å². The fourth-order valence-electron chi connectivity index (χ4n) is 2.50. The first-order valence-corrected chi connectivity index (χ1v) is 7.67. The smallest absolute Gasteiger partial charge is 0.287 e. The lowest BCUT2D eigenvalue weighted by Crippen LogP contribution is -2.25. The Kier molecular flexibility index (Phi) is 5.43. The molecule has 0 amide bonds. The second-order valence-corrected chi connectivity index (χ2v) is 5.93. The van der Waals surface area contributed by atoms with Gasteiger partial charge in [0.1, 0.15) is 5.02 Å². The van der Waals surface area contributed by atoms with E-state index in [0.29, 0.717) is 18.2 Å². The van der Waals surface area contributed by atoms with Gasteiger partial charge in [0.05, 0.1) is 11.9 Å². The average Bonchev–Trinajstić information content (AvgIpc) is 2.85. The molecule has 0 aromatic carbocycles. The SMILES string of the molecule is CCCCn1ncc(NCC2CCN(C)C2)c(Cl)c1=O. The number of rotatable bonds is 6. The summed E-state index contributed by atoms with van der Waals surface area (Å²) in [6.07, 6.45) is 4.81. The van der Waals surface area contributed by atoms with Crippen molar-refractivity contribution in [2.24, 2.45) is 5.92 Å². The molecule has 1 aromatic rings. The Morgan fingerprint density at radius 2 is 2.35 bits per heavy atom. The topological polar surface area (TPSA) is 50.2 Å². The van der Waals surface area contributed by atoms with Crippen LogP contribution in [-0.2, 0) is 6.54 Å². The van der Waals surface area contributed by atoms with Crippen molar-refractivity contribution in [2.75, 3.05) is 32.0 Å². The molecule has 0 spiro atoms. The van der Waals surface area contributed by atoms with Gasteiger partial charge in [-0.15, -0.1) is 0 Å². The molecule has 1 aromatic heterocycles. The minimum Gasteiger partial charge on any atom is -0.382 e. The van der Waals surface area contributed by atoms with Gasteiger partial charge in [0.25, 0.3) is 5.56 Å². The highest BCUT2D eigenvalue weighted by atomic mass is 35.5. The third-order valence-electron chi connectivity index (χ3n) is 3.78. The minimum absolute atomic E-state index is 0.200. The van der Waals surface area contributed by atoms with Crippen LogP contribution in [0.3, 0.4) is 0 Å². The molecule has 1 aliphatic heterocycles. The molecule has 2 heterocycles. The second-order valence-electron chi connectivity index (χ2n) is 5.55. The molecule has 1 unspecified atom stereocenters. The number of hydrogen-bond donors (Lipinski definition) is 1. The zero-order valence-electron chi connectivity index (χ0n) is 12.2. The molecule has 0 saturated carbocycles. The van der Waals surface area contributed by atoms with Crippen LogP contribution in [0.4, 0.5) is 5.69 Å². The maximum Gasteiger partial charge on any atom is 0.287 e. The first-order valence-electron chi connectivity index (χ1n) is 7.29. The monoisotopic (exact) mass is 298 g/mol. The van der Waals surface area contributed by atoms with E-state index in [1.54, 1.807) is 6.20 Å². The molecule has 1 atom stereocenters. The van der Waals surface area contributed by atoms with Crippen LogP contribution in [0.2, 0.25) is 5.02 Å². The van der Waals surface area contributed by atoms with Gasteiger partial charge in [0.2, 0.25) is 0 Å². The Morgan fingerprint density at radius 3 is 3.00 bits per heavy atom. The van der Waals surface area contributed by atoms with E-state index in [4.69, 9.17) is 11.6 Å². The average molecular weight is 299 g/mol. The molecule has 6 heteroatoms. The lowest BCUT2D eigenvalue weighted by Gasteiger charge is -2.14. The van der Waals surface area contributed by atoms with Crippen molar-refractivity contribution in [3.63, 3.8) is 0 Å². The highest BCUT2D eigenvalue weighted by Crippen LogP contribution is 2.19. The molecule has 1 fully saturated rings. The largest absolute Gasteiger partial charge is 0.382 e. The highest BCUT2D eigenvalue weighted by Gasteiger charge is 2.19. The number of likely N-dealkylation sites (tertiary alicyclic amines) is 1. The molecule has 20 heavy (non-hydrogen) atoms. The van der Waals surface area contributed by atoms with Crippen molar-refractivity contribution in [3.05, 3.63) is 21.6 Å². The van der Waals surface area contributed by atoms with Gasteiger partial charge >= 0.3 is 0 Å². The third-order valence-corrected chi connectivity index (χ3v) is 4.14. The molecule has 0 radical (unpaired) electrons. The highest BCUT2D eigenvalue weighted by molar-refractivity contribution is 6.32. The standard InChI is InChI=1S/C14H23ClN4O/c1-3-4-6-19-14(20)13(15)12(9-17-19)16-8-11-5-7-18(2)10-11/h9,11,16H,3-8,10H2,1-2H3. The van der Waals surface area contributed by atoms with E-state index in [1.807, 2.05) is 0 Å². The summed E-state index contributed by atoms with van der Waals surface area (Å²) in [4.78, 5) is 14.4. The number of halogens is 1. The summed E-state index contributed by atoms with van der Waals surface area (Å²) >= 11 is 6.15. The molecule has 1 aliphatic rings. The number of nitrogens with zero attached hydrogens (tertiary/aromatic N) is 3.